The fourth-order valence-corrected chi connectivity index (χ4v) is 6.74. The Balaban J connectivity index is 1.18. The predicted octanol–water partition coefficient (Wildman–Crippen LogP) is 2.87. The Kier molecular flexibility index (Phi) is 4.37. The van der Waals surface area contributed by atoms with Crippen molar-refractivity contribution in [3.63, 3.8) is 0 Å². The third kappa shape index (κ3) is 2.99. The summed E-state index contributed by atoms with van der Waals surface area (Å²) in [4.78, 5) is 53.4. The second-order valence-corrected chi connectivity index (χ2v) is 10.8. The van der Waals surface area contributed by atoms with E-state index in [0.717, 1.165) is 44.4 Å². The first kappa shape index (κ1) is 22.3. The van der Waals surface area contributed by atoms with Crippen molar-refractivity contribution in [3.8, 4) is 0 Å². The number of aryl methyl sites for hydroxylation is 1. The molecular formula is C29H25N7O3. The quantitative estimate of drug-likeness (QED) is 0.372. The van der Waals surface area contributed by atoms with Gasteiger partial charge in [-0.25, -0.2) is 14.8 Å². The van der Waals surface area contributed by atoms with Crippen molar-refractivity contribution in [2.75, 3.05) is 17.3 Å². The third-order valence-corrected chi connectivity index (χ3v) is 8.66. The van der Waals surface area contributed by atoms with Crippen molar-refractivity contribution in [1.29, 1.82) is 0 Å². The number of aromatic amines is 1. The molecule has 5 aromatic rings. The lowest BCUT2D eigenvalue weighted by Gasteiger charge is -2.21. The summed E-state index contributed by atoms with van der Waals surface area (Å²) in [5, 5.41) is 2.96. The minimum atomic E-state index is -0.626. The number of aromatic nitrogens is 5. The van der Waals surface area contributed by atoms with Gasteiger partial charge in [0.2, 0.25) is 11.8 Å². The summed E-state index contributed by atoms with van der Waals surface area (Å²) >= 11 is 0. The summed E-state index contributed by atoms with van der Waals surface area (Å²) in [5.74, 6) is 1.38. The molecule has 0 bridgehead atoms. The lowest BCUT2D eigenvalue weighted by atomic mass is 9.79. The van der Waals surface area contributed by atoms with E-state index in [-0.39, 0.29) is 24.0 Å². The standard InChI is InChI=1S/C29H25N7O3/c1-34-21-6-2-7-22-25(21)35(10-4-8-24(34)37)28(39)36(22)15-23-31-19-11-16-13-29(14-17(16)12-20(19)32-23)18-5-3-9-30-26(18)33-27(29)38/h2-3,5-7,9,11-12H,4,8,10,13-15H2,1H3,(H,31,32)(H,30,33,38). The minimum Gasteiger partial charge on any atom is -0.340 e. The van der Waals surface area contributed by atoms with Gasteiger partial charge >= 0.3 is 5.69 Å². The molecule has 1 unspecified atom stereocenters. The van der Waals surface area contributed by atoms with Crippen LogP contribution in [0, 0.1) is 0 Å². The van der Waals surface area contributed by atoms with E-state index in [2.05, 4.69) is 27.4 Å². The van der Waals surface area contributed by atoms with Gasteiger partial charge in [0.1, 0.15) is 11.6 Å². The van der Waals surface area contributed by atoms with Crippen LogP contribution in [0.1, 0.15) is 35.4 Å². The maximum Gasteiger partial charge on any atom is 0.329 e. The number of pyridine rings is 1. The van der Waals surface area contributed by atoms with Gasteiger partial charge in [0.15, 0.2) is 0 Å². The van der Waals surface area contributed by atoms with E-state index < -0.39 is 5.41 Å². The number of nitrogens with one attached hydrogen (secondary N) is 2. The average Bonchev–Trinajstić information content (AvgIpc) is 3.64. The number of hydrogen-bond donors (Lipinski definition) is 2. The molecule has 10 heteroatoms. The first-order valence-corrected chi connectivity index (χ1v) is 13.2. The molecule has 2 N–H and O–H groups in total. The Morgan fingerprint density at radius 1 is 1.05 bits per heavy atom. The van der Waals surface area contributed by atoms with Gasteiger partial charge in [0.05, 0.1) is 39.7 Å². The van der Waals surface area contributed by atoms with Crippen molar-refractivity contribution in [3.05, 3.63) is 81.7 Å². The molecule has 10 nitrogen and oxygen atoms in total. The molecule has 0 radical (unpaired) electrons. The molecule has 39 heavy (non-hydrogen) atoms. The SMILES string of the molecule is CN1C(=O)CCCn2c(=O)n(Cc3nc4cc5c(cc4[nH]3)CC3(C5)C(=O)Nc4ncccc43)c3cccc1c32. The molecule has 8 rings (SSSR count). The molecule has 5 heterocycles. The molecule has 0 saturated carbocycles. The van der Waals surface area contributed by atoms with Crippen LogP contribution in [0.3, 0.4) is 0 Å². The number of carbonyl (C=O) groups excluding carboxylic acids is 2. The van der Waals surface area contributed by atoms with Gasteiger partial charge in [0, 0.05) is 31.8 Å². The van der Waals surface area contributed by atoms with Crippen LogP contribution in [0.25, 0.3) is 22.1 Å². The number of nitrogens with zero attached hydrogens (tertiary/aromatic N) is 5. The van der Waals surface area contributed by atoms with Crippen molar-refractivity contribution in [2.24, 2.45) is 0 Å². The molecule has 1 aliphatic carbocycles. The van der Waals surface area contributed by atoms with Gasteiger partial charge in [-0.05, 0) is 60.7 Å². The molecule has 2 aliphatic heterocycles. The number of carbonyl (C=O) groups is 2. The highest BCUT2D eigenvalue weighted by Crippen LogP contribution is 2.47. The van der Waals surface area contributed by atoms with E-state index in [9.17, 15) is 14.4 Å². The molecule has 3 aliphatic rings. The summed E-state index contributed by atoms with van der Waals surface area (Å²) in [6, 6.07) is 13.7. The molecule has 1 spiro atoms. The molecular weight excluding hydrogens is 494 g/mol. The average molecular weight is 520 g/mol. The lowest BCUT2D eigenvalue weighted by Crippen LogP contribution is -2.35. The van der Waals surface area contributed by atoms with Gasteiger partial charge in [-0.2, -0.15) is 0 Å². The number of imidazole rings is 2. The zero-order valence-corrected chi connectivity index (χ0v) is 21.3. The van der Waals surface area contributed by atoms with E-state index in [1.807, 2.05) is 30.3 Å². The summed E-state index contributed by atoms with van der Waals surface area (Å²) in [7, 11) is 1.77. The molecule has 3 aromatic heterocycles. The zero-order chi connectivity index (χ0) is 26.5. The summed E-state index contributed by atoms with van der Waals surface area (Å²) in [6.45, 7) is 0.786. The van der Waals surface area contributed by atoms with Gasteiger partial charge in [-0.1, -0.05) is 12.1 Å². The second kappa shape index (κ2) is 7.66. The lowest BCUT2D eigenvalue weighted by molar-refractivity contribution is -0.120. The maximum atomic E-state index is 13.6. The molecule has 0 saturated heterocycles. The Bertz CT molecular complexity index is 1900. The Morgan fingerprint density at radius 2 is 1.90 bits per heavy atom. The fourth-order valence-electron chi connectivity index (χ4n) is 6.74. The third-order valence-electron chi connectivity index (χ3n) is 8.66. The van der Waals surface area contributed by atoms with Crippen LogP contribution in [0.2, 0.25) is 0 Å². The molecule has 2 aromatic carbocycles. The molecule has 194 valence electrons. The molecule has 0 fully saturated rings. The number of anilines is 2. The van der Waals surface area contributed by atoms with E-state index >= 15 is 0 Å². The summed E-state index contributed by atoms with van der Waals surface area (Å²) in [5.41, 5.74) is 6.45. The van der Waals surface area contributed by atoms with Crippen LogP contribution >= 0.6 is 0 Å². The highest BCUT2D eigenvalue weighted by atomic mass is 16.2. The minimum absolute atomic E-state index is 0.00357. The number of fused-ring (bicyclic) bond motifs is 4. The second-order valence-electron chi connectivity index (χ2n) is 10.8. The Morgan fingerprint density at radius 3 is 2.77 bits per heavy atom. The Labute approximate surface area is 222 Å². The van der Waals surface area contributed by atoms with Crippen molar-refractivity contribution < 1.29 is 9.59 Å². The molecule has 2 amide bonds. The predicted molar refractivity (Wildman–Crippen MR) is 146 cm³/mol. The topological polar surface area (TPSA) is 118 Å². The highest BCUT2D eigenvalue weighted by Gasteiger charge is 2.51. The van der Waals surface area contributed by atoms with E-state index in [4.69, 9.17) is 4.98 Å². The number of hydrogen-bond acceptors (Lipinski definition) is 5. The van der Waals surface area contributed by atoms with Crippen LogP contribution in [-0.4, -0.2) is 42.9 Å². The normalized spacial score (nSPS) is 17.5. The van der Waals surface area contributed by atoms with Gasteiger partial charge in [0.25, 0.3) is 0 Å². The van der Waals surface area contributed by atoms with E-state index in [0.29, 0.717) is 43.9 Å². The number of rotatable bonds is 2. The van der Waals surface area contributed by atoms with E-state index in [1.165, 1.54) is 0 Å². The van der Waals surface area contributed by atoms with Gasteiger partial charge in [-0.15, -0.1) is 0 Å². The Hall–Kier alpha value is -4.73. The van der Waals surface area contributed by atoms with Gasteiger partial charge < -0.3 is 15.2 Å². The van der Waals surface area contributed by atoms with Crippen LogP contribution in [-0.2, 0) is 40.9 Å². The van der Waals surface area contributed by atoms with Crippen molar-refractivity contribution in [2.45, 2.75) is 44.2 Å². The number of para-hydroxylation sites is 1. The fraction of sp³-hybridized carbons (Fsp3) is 0.276. The smallest absolute Gasteiger partial charge is 0.329 e. The maximum absolute atomic E-state index is 13.6. The number of H-pyrrole nitrogens is 1. The number of benzene rings is 2. The summed E-state index contributed by atoms with van der Waals surface area (Å²) in [6.07, 6.45) is 3.94. The zero-order valence-electron chi connectivity index (χ0n) is 21.3. The summed E-state index contributed by atoms with van der Waals surface area (Å²) < 4.78 is 3.51. The van der Waals surface area contributed by atoms with Crippen LogP contribution in [0.5, 0.6) is 0 Å². The van der Waals surface area contributed by atoms with E-state index in [1.54, 1.807) is 27.3 Å². The van der Waals surface area contributed by atoms with Crippen molar-refractivity contribution in [1.82, 2.24) is 24.1 Å². The largest absolute Gasteiger partial charge is 0.340 e. The van der Waals surface area contributed by atoms with Gasteiger partial charge in [-0.3, -0.25) is 18.7 Å². The van der Waals surface area contributed by atoms with Crippen LogP contribution < -0.4 is 15.9 Å². The first-order chi connectivity index (χ1) is 18.9. The molecule has 1 atom stereocenters. The number of amides is 2. The van der Waals surface area contributed by atoms with Crippen LogP contribution in [0.4, 0.5) is 11.5 Å². The first-order valence-electron chi connectivity index (χ1n) is 13.2. The monoisotopic (exact) mass is 519 g/mol. The van der Waals surface area contributed by atoms with Crippen LogP contribution in [0.15, 0.2) is 53.5 Å². The van der Waals surface area contributed by atoms with Crippen molar-refractivity contribution >= 4 is 45.4 Å². The highest BCUT2D eigenvalue weighted by molar-refractivity contribution is 6.06.